The Morgan fingerprint density at radius 1 is 1.56 bits per heavy atom. The van der Waals surface area contributed by atoms with Gasteiger partial charge in [0.15, 0.2) is 0 Å². The van der Waals surface area contributed by atoms with Gasteiger partial charge in [0.25, 0.3) is 5.56 Å². The van der Waals surface area contributed by atoms with Crippen molar-refractivity contribution >= 4 is 0 Å². The van der Waals surface area contributed by atoms with E-state index in [9.17, 15) is 9.59 Å². The van der Waals surface area contributed by atoms with Gasteiger partial charge >= 0.3 is 5.69 Å². The average molecular weight is 220 g/mol. The Hall–Kier alpha value is -1.87. The van der Waals surface area contributed by atoms with Crippen molar-refractivity contribution in [2.75, 3.05) is 13.1 Å². The lowest BCUT2D eigenvalue weighted by Gasteiger charge is -2.10. The highest BCUT2D eigenvalue weighted by molar-refractivity contribution is 5.21. The summed E-state index contributed by atoms with van der Waals surface area (Å²) >= 11 is 0. The molecule has 84 valence electrons. The minimum Gasteiger partial charge on any atom is -0.316 e. The van der Waals surface area contributed by atoms with Gasteiger partial charge in [0.05, 0.1) is 0 Å². The quantitative estimate of drug-likeness (QED) is 0.670. The van der Waals surface area contributed by atoms with E-state index in [2.05, 4.69) is 10.3 Å². The first-order valence-corrected chi connectivity index (χ1v) is 5.15. The summed E-state index contributed by atoms with van der Waals surface area (Å²) in [6.45, 7) is 2.36. The molecule has 2 rings (SSSR count). The molecule has 0 amide bonds. The molecular formula is C10H12N4O2. The molecule has 0 aliphatic carbocycles. The van der Waals surface area contributed by atoms with Gasteiger partial charge in [-0.05, 0) is 25.4 Å². The van der Waals surface area contributed by atoms with Crippen LogP contribution in [-0.2, 0) is 6.54 Å². The predicted octanol–water partition coefficient (Wildman–Crippen LogP) is -0.982. The van der Waals surface area contributed by atoms with Crippen LogP contribution in [0.2, 0.25) is 0 Å². The van der Waals surface area contributed by atoms with E-state index in [0.717, 1.165) is 19.5 Å². The Balaban J connectivity index is 2.30. The van der Waals surface area contributed by atoms with E-state index in [0.29, 0.717) is 12.5 Å². The summed E-state index contributed by atoms with van der Waals surface area (Å²) in [6, 6.07) is 1.77. The molecule has 1 aliphatic heterocycles. The maximum Gasteiger partial charge on any atom is 0.328 e. The third kappa shape index (κ3) is 2.04. The second-order valence-electron chi connectivity index (χ2n) is 3.93. The van der Waals surface area contributed by atoms with Crippen LogP contribution in [0.4, 0.5) is 0 Å². The summed E-state index contributed by atoms with van der Waals surface area (Å²) in [4.78, 5) is 24.8. The standard InChI is InChI=1S/C10H12N4O2/c11-3-8-6-14(10(16)13-9(8)15)5-7-1-2-12-4-7/h6-7,12H,1-2,4-5H2,(H,13,15,16)/t7-/m0/s1. The van der Waals surface area contributed by atoms with Gasteiger partial charge in [-0.2, -0.15) is 5.26 Å². The first kappa shape index (κ1) is 10.6. The van der Waals surface area contributed by atoms with Crippen molar-refractivity contribution in [2.24, 2.45) is 5.92 Å². The van der Waals surface area contributed by atoms with E-state index in [1.165, 1.54) is 10.8 Å². The van der Waals surface area contributed by atoms with Gasteiger partial charge in [0.1, 0.15) is 11.6 Å². The van der Waals surface area contributed by atoms with E-state index in [4.69, 9.17) is 5.26 Å². The van der Waals surface area contributed by atoms with Crippen LogP contribution in [0.3, 0.4) is 0 Å². The van der Waals surface area contributed by atoms with Crippen LogP contribution in [0.1, 0.15) is 12.0 Å². The van der Waals surface area contributed by atoms with Crippen molar-refractivity contribution in [1.82, 2.24) is 14.9 Å². The normalized spacial score (nSPS) is 19.6. The summed E-state index contributed by atoms with van der Waals surface area (Å²) in [7, 11) is 0. The Morgan fingerprint density at radius 3 is 3.00 bits per heavy atom. The first-order chi connectivity index (χ1) is 7.70. The molecule has 2 N–H and O–H groups in total. The highest BCUT2D eigenvalue weighted by Gasteiger charge is 2.16. The monoisotopic (exact) mass is 220 g/mol. The molecule has 6 heteroatoms. The number of hydrogen-bond donors (Lipinski definition) is 2. The fraction of sp³-hybridized carbons (Fsp3) is 0.500. The Kier molecular flexibility index (Phi) is 2.88. The molecule has 0 radical (unpaired) electrons. The molecule has 1 aromatic rings. The molecule has 16 heavy (non-hydrogen) atoms. The largest absolute Gasteiger partial charge is 0.328 e. The SMILES string of the molecule is N#Cc1cn(C[C@H]2CCNC2)c(=O)[nH]c1=O. The molecule has 1 saturated heterocycles. The first-order valence-electron chi connectivity index (χ1n) is 5.15. The van der Waals surface area contributed by atoms with Gasteiger partial charge in [-0.3, -0.25) is 14.3 Å². The molecule has 0 saturated carbocycles. The van der Waals surface area contributed by atoms with Crippen LogP contribution < -0.4 is 16.6 Å². The van der Waals surface area contributed by atoms with Gasteiger partial charge in [-0.25, -0.2) is 4.79 Å². The van der Waals surface area contributed by atoms with Crippen LogP contribution in [0.15, 0.2) is 15.8 Å². The summed E-state index contributed by atoms with van der Waals surface area (Å²) < 4.78 is 1.40. The molecule has 1 fully saturated rings. The van der Waals surface area contributed by atoms with Crippen LogP contribution in [0.25, 0.3) is 0 Å². The van der Waals surface area contributed by atoms with Crippen LogP contribution >= 0.6 is 0 Å². The predicted molar refractivity (Wildman–Crippen MR) is 57.0 cm³/mol. The number of H-pyrrole nitrogens is 1. The van der Waals surface area contributed by atoms with Gasteiger partial charge in [0, 0.05) is 12.7 Å². The lowest BCUT2D eigenvalue weighted by Crippen LogP contribution is -2.33. The number of hydrogen-bond acceptors (Lipinski definition) is 4. The molecule has 0 aromatic carbocycles. The maximum absolute atomic E-state index is 11.5. The van der Waals surface area contributed by atoms with Crippen LogP contribution in [0, 0.1) is 17.2 Å². The van der Waals surface area contributed by atoms with Crippen LogP contribution in [-0.4, -0.2) is 22.6 Å². The maximum atomic E-state index is 11.5. The molecule has 1 aromatic heterocycles. The van der Waals surface area contributed by atoms with Crippen molar-refractivity contribution in [1.29, 1.82) is 5.26 Å². The minimum absolute atomic E-state index is 0.0226. The molecule has 1 aliphatic rings. The van der Waals surface area contributed by atoms with E-state index < -0.39 is 11.2 Å². The van der Waals surface area contributed by atoms with E-state index in [1.807, 2.05) is 0 Å². The highest BCUT2D eigenvalue weighted by atomic mass is 16.2. The zero-order chi connectivity index (χ0) is 11.5. The van der Waals surface area contributed by atoms with Gasteiger partial charge in [-0.1, -0.05) is 0 Å². The lowest BCUT2D eigenvalue weighted by atomic mass is 10.1. The van der Waals surface area contributed by atoms with Crippen molar-refractivity contribution in [3.05, 3.63) is 32.6 Å². The third-order valence-corrected chi connectivity index (χ3v) is 2.75. The smallest absolute Gasteiger partial charge is 0.316 e. The number of rotatable bonds is 2. The fourth-order valence-electron chi connectivity index (χ4n) is 1.87. The second kappa shape index (κ2) is 4.33. The summed E-state index contributed by atoms with van der Waals surface area (Å²) in [6.07, 6.45) is 2.34. The molecule has 1 atom stereocenters. The topological polar surface area (TPSA) is 90.7 Å². The average Bonchev–Trinajstić information content (AvgIpc) is 2.75. The van der Waals surface area contributed by atoms with Crippen LogP contribution in [0.5, 0.6) is 0 Å². The summed E-state index contributed by atoms with van der Waals surface area (Å²) in [5, 5.41) is 11.9. The van der Waals surface area contributed by atoms with Gasteiger partial charge < -0.3 is 5.32 Å². The van der Waals surface area contributed by atoms with E-state index in [1.54, 1.807) is 6.07 Å². The number of aromatic amines is 1. The summed E-state index contributed by atoms with van der Waals surface area (Å²) in [5.74, 6) is 0.384. The number of nitrogens with zero attached hydrogens (tertiary/aromatic N) is 2. The molecule has 0 unspecified atom stereocenters. The lowest BCUT2D eigenvalue weighted by molar-refractivity contribution is 0.464. The van der Waals surface area contributed by atoms with E-state index >= 15 is 0 Å². The van der Waals surface area contributed by atoms with Crippen molar-refractivity contribution < 1.29 is 0 Å². The summed E-state index contributed by atoms with van der Waals surface area (Å²) in [5.41, 5.74) is -1.09. The van der Waals surface area contributed by atoms with Gasteiger partial charge in [-0.15, -0.1) is 0 Å². The number of aromatic nitrogens is 2. The number of nitrogens with one attached hydrogen (secondary N) is 2. The zero-order valence-corrected chi connectivity index (χ0v) is 8.69. The van der Waals surface area contributed by atoms with Crippen molar-refractivity contribution in [3.63, 3.8) is 0 Å². The van der Waals surface area contributed by atoms with E-state index in [-0.39, 0.29) is 5.56 Å². The highest BCUT2D eigenvalue weighted by Crippen LogP contribution is 2.08. The molecule has 6 nitrogen and oxygen atoms in total. The molecule has 0 bridgehead atoms. The molecular weight excluding hydrogens is 208 g/mol. The zero-order valence-electron chi connectivity index (χ0n) is 8.69. The Morgan fingerprint density at radius 2 is 2.38 bits per heavy atom. The minimum atomic E-state index is -0.617. The second-order valence-corrected chi connectivity index (χ2v) is 3.93. The van der Waals surface area contributed by atoms with Gasteiger partial charge in [0.2, 0.25) is 0 Å². The molecule has 2 heterocycles. The Labute approximate surface area is 91.5 Å². The molecule has 0 spiro atoms. The van der Waals surface area contributed by atoms with Crippen molar-refractivity contribution in [2.45, 2.75) is 13.0 Å². The fourth-order valence-corrected chi connectivity index (χ4v) is 1.87. The third-order valence-electron chi connectivity index (χ3n) is 2.75. The van der Waals surface area contributed by atoms with Crippen molar-refractivity contribution in [3.8, 4) is 6.07 Å². The number of nitriles is 1. The Bertz CT molecular complexity index is 531.